The van der Waals surface area contributed by atoms with Gasteiger partial charge in [-0.1, -0.05) is 0 Å². The molecule has 0 saturated heterocycles. The maximum absolute atomic E-state index is 11.5. The van der Waals surface area contributed by atoms with Crippen LogP contribution in [0.3, 0.4) is 0 Å². The van der Waals surface area contributed by atoms with Gasteiger partial charge in [0.15, 0.2) is 0 Å². The molecule has 0 unspecified atom stereocenters. The van der Waals surface area contributed by atoms with E-state index in [0.717, 1.165) is 0 Å². The molecule has 0 radical (unpaired) electrons. The van der Waals surface area contributed by atoms with Gasteiger partial charge in [0.05, 0.1) is 0 Å². The summed E-state index contributed by atoms with van der Waals surface area (Å²) in [6.45, 7) is 0. The first kappa shape index (κ1) is 18.4. The second-order valence-electron chi connectivity index (χ2n) is 4.44. The molecule has 0 aliphatic rings. The molecule has 0 atom stereocenters. The van der Waals surface area contributed by atoms with Crippen molar-refractivity contribution in [1.29, 1.82) is 0 Å². The van der Waals surface area contributed by atoms with E-state index in [0.29, 0.717) is 20.4 Å². The summed E-state index contributed by atoms with van der Waals surface area (Å²) in [6, 6.07) is 10.2. The minimum absolute atomic E-state index is 0.140. The molecule has 0 fully saturated rings. The van der Waals surface area contributed by atoms with Gasteiger partial charge in [0.2, 0.25) is 0 Å². The van der Waals surface area contributed by atoms with Crippen LogP contribution in [0, 0.1) is 0 Å². The molecule has 2 rings (SSSR count). The number of hydrogen-bond donors (Lipinski definition) is 2. The Morgan fingerprint density at radius 1 is 0.792 bits per heavy atom. The Balaban J connectivity index is 2.36. The van der Waals surface area contributed by atoms with Gasteiger partial charge in [-0.3, -0.25) is 0 Å². The molecule has 126 valence electrons. The number of carbonyl (C=O) groups is 2. The second kappa shape index (κ2) is 8.22. The number of rotatable bonds is 7. The van der Waals surface area contributed by atoms with Crippen LogP contribution in [0.5, 0.6) is 11.5 Å². The molecule has 2 aromatic carbocycles. The number of ether oxygens (including phenoxy) is 2. The van der Waals surface area contributed by atoms with Gasteiger partial charge in [-0.25, -0.2) is 0 Å². The zero-order valence-corrected chi connectivity index (χ0v) is 16.2. The van der Waals surface area contributed by atoms with Crippen LogP contribution in [-0.2, 0) is 0 Å². The Hall–Kier alpha value is -1.98. The van der Waals surface area contributed by atoms with Gasteiger partial charge in [0.1, 0.15) is 0 Å². The van der Waals surface area contributed by atoms with Crippen molar-refractivity contribution in [2.75, 3.05) is 14.2 Å². The number of carboxylic acids is 2. The first-order chi connectivity index (χ1) is 11.5. The van der Waals surface area contributed by atoms with Crippen molar-refractivity contribution in [3.63, 3.8) is 0 Å². The van der Waals surface area contributed by atoms with Crippen LogP contribution in [0.15, 0.2) is 36.4 Å². The molecule has 0 aliphatic heterocycles. The van der Waals surface area contributed by atoms with E-state index in [9.17, 15) is 19.8 Å². The van der Waals surface area contributed by atoms with Crippen molar-refractivity contribution in [3.05, 3.63) is 47.5 Å². The third-order valence-electron chi connectivity index (χ3n) is 3.06. The van der Waals surface area contributed by atoms with Crippen LogP contribution >= 0.6 is 0 Å². The summed E-state index contributed by atoms with van der Waals surface area (Å²) < 4.78 is 11.6. The predicted octanol–water partition coefficient (Wildman–Crippen LogP) is 0.374. The molecule has 0 heterocycles. The Morgan fingerprint density at radius 2 is 1.17 bits per heavy atom. The van der Waals surface area contributed by atoms with E-state index in [1.165, 1.54) is 14.2 Å². The summed E-state index contributed by atoms with van der Waals surface area (Å²) in [7, 11) is 2.85. The number of aromatic carboxylic acids is 2. The third-order valence-corrected chi connectivity index (χ3v) is 10.2. The zero-order valence-electron chi connectivity index (χ0n) is 12.8. The number of carboxylic acid groups (broad SMARTS) is 2. The summed E-state index contributed by atoms with van der Waals surface area (Å²) in [5, 5.41) is 18.8. The normalized spacial score (nSPS) is 10.2. The Kier molecular flexibility index (Phi) is 6.29. The molecular formula is C16H14O6Se2. The topological polar surface area (TPSA) is 93.1 Å². The van der Waals surface area contributed by atoms with Gasteiger partial charge < -0.3 is 0 Å². The summed E-state index contributed by atoms with van der Waals surface area (Å²) in [6.07, 6.45) is 0. The van der Waals surface area contributed by atoms with Crippen LogP contribution in [0.25, 0.3) is 0 Å². The number of benzene rings is 2. The number of hydrogen-bond acceptors (Lipinski definition) is 4. The molecule has 0 spiro atoms. The van der Waals surface area contributed by atoms with Crippen LogP contribution < -0.4 is 18.4 Å². The van der Waals surface area contributed by atoms with Crippen LogP contribution in [0.4, 0.5) is 0 Å². The Labute approximate surface area is 149 Å². The van der Waals surface area contributed by atoms with Gasteiger partial charge in [-0.2, -0.15) is 0 Å². The van der Waals surface area contributed by atoms with E-state index >= 15 is 0 Å². The van der Waals surface area contributed by atoms with Crippen molar-refractivity contribution in [2.45, 2.75) is 0 Å². The molecule has 0 amide bonds. The second-order valence-corrected chi connectivity index (χ2v) is 10.6. The van der Waals surface area contributed by atoms with Crippen LogP contribution in [0.1, 0.15) is 20.7 Å². The fourth-order valence-corrected chi connectivity index (χ4v) is 9.08. The average molecular weight is 460 g/mol. The molecule has 0 saturated carbocycles. The molecule has 2 N–H and O–H groups in total. The predicted molar refractivity (Wildman–Crippen MR) is 90.7 cm³/mol. The van der Waals surface area contributed by atoms with Crippen molar-refractivity contribution in [2.24, 2.45) is 0 Å². The molecule has 8 heteroatoms. The van der Waals surface area contributed by atoms with Crippen molar-refractivity contribution >= 4 is 47.1 Å². The SMILES string of the molecule is COc1cccc([Se][Se]c2cccc(OC)c2C(=O)O)c1C(=O)O. The number of methoxy groups -OCH3 is 2. The van der Waals surface area contributed by atoms with Gasteiger partial charge >= 0.3 is 150 Å². The Morgan fingerprint density at radius 3 is 1.46 bits per heavy atom. The van der Waals surface area contributed by atoms with E-state index in [1.54, 1.807) is 36.4 Å². The summed E-state index contributed by atoms with van der Waals surface area (Å²) in [5.74, 6) is -1.49. The zero-order chi connectivity index (χ0) is 17.7. The third kappa shape index (κ3) is 3.91. The molecule has 6 nitrogen and oxygen atoms in total. The molecule has 0 aliphatic carbocycles. The van der Waals surface area contributed by atoms with Gasteiger partial charge in [0.25, 0.3) is 0 Å². The van der Waals surface area contributed by atoms with E-state index in [-0.39, 0.29) is 37.4 Å². The van der Waals surface area contributed by atoms with Crippen molar-refractivity contribution in [3.8, 4) is 11.5 Å². The first-order valence-electron chi connectivity index (χ1n) is 6.64. The molecule has 0 bridgehead atoms. The summed E-state index contributed by atoms with van der Waals surface area (Å²) in [4.78, 5) is 23.0. The van der Waals surface area contributed by atoms with Gasteiger partial charge in [-0.05, 0) is 0 Å². The fraction of sp³-hybridized carbons (Fsp3) is 0.125. The summed E-state index contributed by atoms with van der Waals surface area (Å²) in [5.41, 5.74) is 0.281. The first-order valence-corrected chi connectivity index (χ1v) is 12.7. The average Bonchev–Trinajstić information content (AvgIpc) is 2.58. The van der Waals surface area contributed by atoms with Gasteiger partial charge in [-0.15, -0.1) is 0 Å². The van der Waals surface area contributed by atoms with Crippen molar-refractivity contribution < 1.29 is 29.3 Å². The van der Waals surface area contributed by atoms with E-state index < -0.39 is 11.9 Å². The summed E-state index contributed by atoms with van der Waals surface area (Å²) >= 11 is -0.433. The van der Waals surface area contributed by atoms with Crippen LogP contribution in [0.2, 0.25) is 0 Å². The van der Waals surface area contributed by atoms with Gasteiger partial charge in [0, 0.05) is 0 Å². The monoisotopic (exact) mass is 462 g/mol. The standard InChI is InChI=1S/C16H14O6Se2/c1-21-9-5-3-7-11(13(9)15(17)18)23-24-12-8-4-6-10(22-2)14(12)16(19)20/h3-8H,1-2H3,(H,17,18)(H,19,20). The molecular weight excluding hydrogens is 446 g/mol. The molecule has 24 heavy (non-hydrogen) atoms. The maximum atomic E-state index is 11.5. The van der Waals surface area contributed by atoms with E-state index in [1.807, 2.05) is 0 Å². The molecule has 2 aromatic rings. The molecule has 0 aromatic heterocycles. The van der Waals surface area contributed by atoms with Crippen LogP contribution in [-0.4, -0.2) is 62.6 Å². The fourth-order valence-electron chi connectivity index (χ4n) is 2.01. The Bertz CT molecular complexity index is 710. The minimum atomic E-state index is -1.05. The quantitative estimate of drug-likeness (QED) is 0.581. The van der Waals surface area contributed by atoms with E-state index in [4.69, 9.17) is 9.47 Å². The van der Waals surface area contributed by atoms with Crippen molar-refractivity contribution in [1.82, 2.24) is 0 Å². The van der Waals surface area contributed by atoms with E-state index in [2.05, 4.69) is 0 Å².